The molecule has 1 N–H and O–H groups in total. The van der Waals surface area contributed by atoms with Crippen LogP contribution in [0.3, 0.4) is 0 Å². The molecular weight excluding hydrogens is 272 g/mol. The Kier molecular flexibility index (Phi) is 7.95. The van der Waals surface area contributed by atoms with Gasteiger partial charge in [-0.1, -0.05) is 26.1 Å². The lowest BCUT2D eigenvalue weighted by Crippen LogP contribution is -2.30. The Hall–Kier alpha value is -0.780. The summed E-state index contributed by atoms with van der Waals surface area (Å²) in [5.74, 6) is 0. The molecule has 0 unspecified atom stereocenters. The standard InChI is InChI=1S/C15H26N2O2S/c1-4-7-17(8-5-2)9-11-19-10-6-16-13-12(3)15(20)14(13)18/h16H,4-11H2,1-3H3. The number of nitrogens with zero attached hydrogens (tertiary/aromatic N) is 1. The molecule has 0 aliphatic heterocycles. The van der Waals surface area contributed by atoms with Crippen LogP contribution >= 0.6 is 12.2 Å². The van der Waals surface area contributed by atoms with E-state index in [9.17, 15) is 4.79 Å². The van der Waals surface area contributed by atoms with Gasteiger partial charge in [-0.3, -0.25) is 4.79 Å². The number of ether oxygens (including phenoxy) is 1. The van der Waals surface area contributed by atoms with Crippen LogP contribution in [-0.4, -0.2) is 44.3 Å². The summed E-state index contributed by atoms with van der Waals surface area (Å²) in [6.07, 6.45) is 2.36. The van der Waals surface area contributed by atoms with E-state index >= 15 is 0 Å². The van der Waals surface area contributed by atoms with Crippen LogP contribution in [-0.2, 0) is 4.74 Å². The molecule has 0 saturated heterocycles. The van der Waals surface area contributed by atoms with E-state index in [0.717, 1.165) is 31.8 Å². The van der Waals surface area contributed by atoms with Crippen molar-refractivity contribution in [2.45, 2.75) is 33.6 Å². The highest BCUT2D eigenvalue weighted by Gasteiger charge is 2.12. The fourth-order valence-electron chi connectivity index (χ4n) is 2.23. The summed E-state index contributed by atoms with van der Waals surface area (Å²) >= 11 is 4.92. The van der Waals surface area contributed by atoms with Gasteiger partial charge in [-0.2, -0.15) is 0 Å². The van der Waals surface area contributed by atoms with E-state index in [-0.39, 0.29) is 5.43 Å². The minimum Gasteiger partial charge on any atom is -0.379 e. The number of anilines is 1. The van der Waals surface area contributed by atoms with Gasteiger partial charge in [0.1, 0.15) is 0 Å². The average molecular weight is 298 g/mol. The van der Waals surface area contributed by atoms with Crippen LogP contribution < -0.4 is 10.7 Å². The van der Waals surface area contributed by atoms with Crippen molar-refractivity contribution in [1.82, 2.24) is 4.90 Å². The minimum atomic E-state index is -0.0328. The van der Waals surface area contributed by atoms with E-state index in [0.29, 0.717) is 23.3 Å². The van der Waals surface area contributed by atoms with Crippen LogP contribution in [0, 0.1) is 11.4 Å². The molecule has 1 rings (SSSR count). The van der Waals surface area contributed by atoms with Gasteiger partial charge >= 0.3 is 0 Å². The van der Waals surface area contributed by atoms with Crippen molar-refractivity contribution in [2.24, 2.45) is 0 Å². The Morgan fingerprint density at radius 1 is 1.15 bits per heavy atom. The maximum absolute atomic E-state index is 11.4. The first-order valence-electron chi connectivity index (χ1n) is 7.45. The summed E-state index contributed by atoms with van der Waals surface area (Å²) in [4.78, 5) is 13.8. The van der Waals surface area contributed by atoms with Crippen molar-refractivity contribution in [3.63, 3.8) is 0 Å². The van der Waals surface area contributed by atoms with Crippen molar-refractivity contribution >= 4 is 17.9 Å². The first-order valence-corrected chi connectivity index (χ1v) is 7.86. The molecule has 0 aromatic heterocycles. The molecule has 0 fully saturated rings. The first-order chi connectivity index (χ1) is 9.61. The van der Waals surface area contributed by atoms with Crippen molar-refractivity contribution in [3.8, 4) is 0 Å². The van der Waals surface area contributed by atoms with Crippen LogP contribution in [0.4, 0.5) is 5.69 Å². The second-order valence-corrected chi connectivity index (χ2v) is 5.45. The van der Waals surface area contributed by atoms with Crippen molar-refractivity contribution < 1.29 is 4.74 Å². The molecule has 1 aromatic rings. The molecule has 5 heteroatoms. The van der Waals surface area contributed by atoms with E-state index in [4.69, 9.17) is 17.0 Å². The van der Waals surface area contributed by atoms with Crippen molar-refractivity contribution in [3.05, 3.63) is 20.3 Å². The van der Waals surface area contributed by atoms with Gasteiger partial charge in [-0.25, -0.2) is 0 Å². The summed E-state index contributed by atoms with van der Waals surface area (Å²) < 4.78 is 6.06. The Bertz CT molecular complexity index is 460. The molecule has 20 heavy (non-hydrogen) atoms. The zero-order valence-electron chi connectivity index (χ0n) is 12.8. The van der Waals surface area contributed by atoms with Gasteiger partial charge in [-0.15, -0.1) is 0 Å². The minimum absolute atomic E-state index is 0.0328. The lowest BCUT2D eigenvalue weighted by atomic mass is 10.1. The average Bonchev–Trinajstić information content (AvgIpc) is 2.45. The fraction of sp³-hybridized carbons (Fsp3) is 0.733. The van der Waals surface area contributed by atoms with Crippen LogP contribution in [0.2, 0.25) is 0 Å². The van der Waals surface area contributed by atoms with Gasteiger partial charge < -0.3 is 15.0 Å². The first kappa shape index (κ1) is 17.3. The Morgan fingerprint density at radius 2 is 1.80 bits per heavy atom. The second-order valence-electron chi connectivity index (χ2n) is 5.04. The van der Waals surface area contributed by atoms with Gasteiger partial charge in [-0.05, 0) is 38.4 Å². The SMILES string of the molecule is CCCN(CCC)CCOCCNc1c(C)c(=S)c1=O. The van der Waals surface area contributed by atoms with E-state index in [1.165, 1.54) is 12.8 Å². The molecule has 114 valence electrons. The Labute approximate surface area is 126 Å². The maximum Gasteiger partial charge on any atom is 0.220 e. The molecule has 0 aliphatic rings. The van der Waals surface area contributed by atoms with E-state index < -0.39 is 0 Å². The maximum atomic E-state index is 11.4. The third-order valence-electron chi connectivity index (χ3n) is 3.33. The van der Waals surface area contributed by atoms with Gasteiger partial charge in [0.15, 0.2) is 0 Å². The number of hydrogen-bond acceptors (Lipinski definition) is 5. The number of hydrogen-bond donors (Lipinski definition) is 1. The summed E-state index contributed by atoms with van der Waals surface area (Å²) in [5.41, 5.74) is 1.54. The molecule has 0 spiro atoms. The monoisotopic (exact) mass is 298 g/mol. The van der Waals surface area contributed by atoms with Gasteiger partial charge in [0.2, 0.25) is 5.43 Å². The summed E-state index contributed by atoms with van der Waals surface area (Å²) in [7, 11) is 0. The van der Waals surface area contributed by atoms with Crippen LogP contribution in [0.1, 0.15) is 32.3 Å². The molecule has 1 aromatic carbocycles. The van der Waals surface area contributed by atoms with Crippen LogP contribution in [0.15, 0.2) is 4.79 Å². The lowest BCUT2D eigenvalue weighted by Gasteiger charge is -2.20. The topological polar surface area (TPSA) is 41.6 Å². The number of nitrogens with one attached hydrogen (secondary N) is 1. The molecule has 0 atom stereocenters. The molecule has 0 heterocycles. The highest BCUT2D eigenvalue weighted by molar-refractivity contribution is 7.71. The van der Waals surface area contributed by atoms with Crippen LogP contribution in [0.5, 0.6) is 0 Å². The van der Waals surface area contributed by atoms with Crippen LogP contribution in [0.25, 0.3) is 0 Å². The highest BCUT2D eigenvalue weighted by atomic mass is 32.1. The number of rotatable bonds is 11. The van der Waals surface area contributed by atoms with Crippen molar-refractivity contribution in [1.29, 1.82) is 0 Å². The van der Waals surface area contributed by atoms with E-state index in [2.05, 4.69) is 24.1 Å². The normalized spacial score (nSPS) is 11.4. The molecule has 0 aliphatic carbocycles. The zero-order chi connectivity index (χ0) is 15.0. The fourth-order valence-corrected chi connectivity index (χ4v) is 2.43. The Morgan fingerprint density at radius 3 is 2.35 bits per heavy atom. The molecule has 0 amide bonds. The lowest BCUT2D eigenvalue weighted by molar-refractivity contribution is 0.111. The van der Waals surface area contributed by atoms with Crippen molar-refractivity contribution in [2.75, 3.05) is 44.7 Å². The molecule has 0 saturated carbocycles. The third-order valence-corrected chi connectivity index (χ3v) is 3.82. The molecule has 4 nitrogen and oxygen atoms in total. The second kappa shape index (κ2) is 9.21. The summed E-state index contributed by atoms with van der Waals surface area (Å²) in [5, 5.41) is 3.09. The van der Waals surface area contributed by atoms with Gasteiger partial charge in [0, 0.05) is 13.1 Å². The van der Waals surface area contributed by atoms with Gasteiger partial charge in [0.05, 0.1) is 23.4 Å². The highest BCUT2D eigenvalue weighted by Crippen LogP contribution is 2.13. The summed E-state index contributed by atoms with van der Waals surface area (Å²) in [6, 6.07) is 0. The predicted molar refractivity (Wildman–Crippen MR) is 87.0 cm³/mol. The smallest absolute Gasteiger partial charge is 0.220 e. The zero-order valence-corrected chi connectivity index (χ0v) is 13.6. The quantitative estimate of drug-likeness (QED) is 0.502. The molecule has 0 radical (unpaired) electrons. The summed E-state index contributed by atoms with van der Waals surface area (Å²) in [6.45, 7) is 11.5. The molecule has 0 bridgehead atoms. The predicted octanol–water partition coefficient (Wildman–Crippen LogP) is 2.51. The van der Waals surface area contributed by atoms with E-state index in [1.54, 1.807) is 0 Å². The van der Waals surface area contributed by atoms with E-state index in [1.807, 2.05) is 6.92 Å². The largest absolute Gasteiger partial charge is 0.379 e. The van der Waals surface area contributed by atoms with Gasteiger partial charge in [0.25, 0.3) is 0 Å². The molecular formula is C15H26N2O2S. The third kappa shape index (κ3) is 4.96. The Balaban J connectivity index is 2.10.